The summed E-state index contributed by atoms with van der Waals surface area (Å²) in [4.78, 5) is 0. The fraction of sp³-hybridized carbons (Fsp3) is 0.500. The molecule has 0 unspecified atom stereocenters. The Kier molecular flexibility index (Phi) is 3.90. The van der Waals surface area contributed by atoms with Gasteiger partial charge in [-0.15, -0.1) is 0 Å². The highest BCUT2D eigenvalue weighted by molar-refractivity contribution is 9.10. The molecule has 0 spiro atoms. The predicted molar refractivity (Wildman–Crippen MR) is 69.9 cm³/mol. The van der Waals surface area contributed by atoms with Gasteiger partial charge in [-0.3, -0.25) is 0 Å². The molecule has 0 aliphatic carbocycles. The molecule has 0 bridgehead atoms. The SMILES string of the molecule is OC1(Cc2ccc(Cl)c(Br)c2)CCNCC1. The third kappa shape index (κ3) is 2.98. The maximum Gasteiger partial charge on any atom is 0.0712 e. The van der Waals surface area contributed by atoms with Crippen molar-refractivity contribution < 1.29 is 5.11 Å². The Labute approximate surface area is 109 Å². The summed E-state index contributed by atoms with van der Waals surface area (Å²) in [5.74, 6) is 0. The molecule has 0 atom stereocenters. The van der Waals surface area contributed by atoms with Gasteiger partial charge in [-0.25, -0.2) is 0 Å². The molecule has 2 nitrogen and oxygen atoms in total. The number of hydrogen-bond acceptors (Lipinski definition) is 2. The standard InChI is InChI=1S/C12H15BrClNO/c13-10-7-9(1-2-11(10)14)8-12(16)3-5-15-6-4-12/h1-2,7,15-16H,3-6,8H2. The fourth-order valence-electron chi connectivity index (χ4n) is 2.10. The summed E-state index contributed by atoms with van der Waals surface area (Å²) in [6, 6.07) is 5.83. The molecule has 1 saturated heterocycles. The van der Waals surface area contributed by atoms with Crippen molar-refractivity contribution >= 4 is 27.5 Å². The first kappa shape index (κ1) is 12.4. The van der Waals surface area contributed by atoms with Crippen molar-refractivity contribution in [2.24, 2.45) is 0 Å². The van der Waals surface area contributed by atoms with Crippen molar-refractivity contribution in [1.29, 1.82) is 0 Å². The average molecular weight is 305 g/mol. The van der Waals surface area contributed by atoms with Crippen LogP contribution in [0.5, 0.6) is 0 Å². The lowest BCUT2D eigenvalue weighted by Crippen LogP contribution is -2.43. The number of piperidine rings is 1. The molecule has 0 saturated carbocycles. The summed E-state index contributed by atoms with van der Waals surface area (Å²) in [6.07, 6.45) is 2.32. The van der Waals surface area contributed by atoms with Crippen LogP contribution in [0.4, 0.5) is 0 Å². The van der Waals surface area contributed by atoms with Crippen molar-refractivity contribution in [2.75, 3.05) is 13.1 Å². The van der Waals surface area contributed by atoms with Gasteiger partial charge < -0.3 is 10.4 Å². The van der Waals surface area contributed by atoms with E-state index in [0.29, 0.717) is 11.4 Å². The number of aliphatic hydroxyl groups is 1. The molecular formula is C12H15BrClNO. The normalized spacial score (nSPS) is 19.7. The lowest BCUT2D eigenvalue weighted by atomic mass is 9.86. The second kappa shape index (κ2) is 5.05. The van der Waals surface area contributed by atoms with Gasteiger partial charge >= 0.3 is 0 Å². The molecule has 1 fully saturated rings. The molecule has 0 amide bonds. The number of nitrogens with one attached hydrogen (secondary N) is 1. The molecule has 2 rings (SSSR count). The number of benzene rings is 1. The Bertz CT molecular complexity index is 377. The fourth-order valence-corrected chi connectivity index (χ4v) is 2.64. The Morgan fingerprint density at radius 3 is 2.69 bits per heavy atom. The van der Waals surface area contributed by atoms with Crippen molar-refractivity contribution in [3.63, 3.8) is 0 Å². The van der Waals surface area contributed by atoms with E-state index < -0.39 is 5.60 Å². The Balaban J connectivity index is 2.10. The monoisotopic (exact) mass is 303 g/mol. The molecule has 1 aromatic rings. The van der Waals surface area contributed by atoms with Gasteiger partial charge in [0, 0.05) is 10.9 Å². The summed E-state index contributed by atoms with van der Waals surface area (Å²) in [5.41, 5.74) is 0.569. The van der Waals surface area contributed by atoms with Gasteiger partial charge in [-0.05, 0) is 59.6 Å². The van der Waals surface area contributed by atoms with Gasteiger partial charge in [0.2, 0.25) is 0 Å². The van der Waals surface area contributed by atoms with Crippen LogP contribution in [-0.2, 0) is 6.42 Å². The van der Waals surface area contributed by atoms with E-state index in [0.717, 1.165) is 36.0 Å². The van der Waals surface area contributed by atoms with Crippen molar-refractivity contribution in [1.82, 2.24) is 5.32 Å². The van der Waals surface area contributed by atoms with E-state index in [1.165, 1.54) is 0 Å². The van der Waals surface area contributed by atoms with E-state index in [9.17, 15) is 5.11 Å². The van der Waals surface area contributed by atoms with E-state index in [1.54, 1.807) is 0 Å². The van der Waals surface area contributed by atoms with Crippen LogP contribution < -0.4 is 5.32 Å². The maximum atomic E-state index is 10.4. The third-order valence-corrected chi connectivity index (χ3v) is 4.27. The summed E-state index contributed by atoms with van der Waals surface area (Å²) in [5, 5.41) is 14.4. The van der Waals surface area contributed by atoms with E-state index in [2.05, 4.69) is 21.2 Å². The molecule has 16 heavy (non-hydrogen) atoms. The molecule has 1 aliphatic heterocycles. The third-order valence-electron chi connectivity index (χ3n) is 3.05. The van der Waals surface area contributed by atoms with Crippen molar-refractivity contribution in [3.05, 3.63) is 33.3 Å². The molecule has 1 heterocycles. The molecule has 0 aromatic heterocycles. The van der Waals surface area contributed by atoms with Crippen LogP contribution in [0.1, 0.15) is 18.4 Å². The maximum absolute atomic E-state index is 10.4. The van der Waals surface area contributed by atoms with Crippen molar-refractivity contribution in [3.8, 4) is 0 Å². The molecule has 2 N–H and O–H groups in total. The second-order valence-corrected chi connectivity index (χ2v) is 5.66. The number of rotatable bonds is 2. The van der Waals surface area contributed by atoms with Gasteiger partial charge in [0.1, 0.15) is 0 Å². The minimum atomic E-state index is -0.557. The largest absolute Gasteiger partial charge is 0.389 e. The molecular weight excluding hydrogens is 289 g/mol. The smallest absolute Gasteiger partial charge is 0.0712 e. The second-order valence-electron chi connectivity index (χ2n) is 4.40. The van der Waals surface area contributed by atoms with Crippen LogP contribution >= 0.6 is 27.5 Å². The van der Waals surface area contributed by atoms with Crippen molar-refractivity contribution in [2.45, 2.75) is 24.9 Å². The Hall–Kier alpha value is -0.0900. The number of hydrogen-bond donors (Lipinski definition) is 2. The van der Waals surface area contributed by atoms with Gasteiger partial charge in [-0.1, -0.05) is 17.7 Å². The highest BCUT2D eigenvalue weighted by Crippen LogP contribution is 2.28. The van der Waals surface area contributed by atoms with E-state index in [4.69, 9.17) is 11.6 Å². The zero-order valence-corrected chi connectivity index (χ0v) is 11.3. The number of halogens is 2. The van der Waals surface area contributed by atoms with E-state index >= 15 is 0 Å². The van der Waals surface area contributed by atoms with E-state index in [-0.39, 0.29) is 0 Å². The Morgan fingerprint density at radius 1 is 1.38 bits per heavy atom. The van der Waals surface area contributed by atoms with Gasteiger partial charge in [-0.2, -0.15) is 0 Å². The molecule has 1 aromatic carbocycles. The molecule has 0 radical (unpaired) electrons. The topological polar surface area (TPSA) is 32.3 Å². The lowest BCUT2D eigenvalue weighted by Gasteiger charge is -2.32. The first-order valence-electron chi connectivity index (χ1n) is 5.46. The minimum Gasteiger partial charge on any atom is -0.389 e. The van der Waals surface area contributed by atoms with Crippen LogP contribution in [0.15, 0.2) is 22.7 Å². The zero-order chi connectivity index (χ0) is 11.6. The quantitative estimate of drug-likeness (QED) is 0.880. The molecule has 88 valence electrons. The summed E-state index contributed by atoms with van der Waals surface area (Å²) >= 11 is 9.34. The predicted octanol–water partition coefficient (Wildman–Crippen LogP) is 2.76. The average Bonchev–Trinajstić information content (AvgIpc) is 2.24. The summed E-state index contributed by atoms with van der Waals surface area (Å²) < 4.78 is 0.893. The van der Waals surface area contributed by atoms with E-state index in [1.807, 2.05) is 18.2 Å². The van der Waals surface area contributed by atoms with Gasteiger partial charge in [0.25, 0.3) is 0 Å². The molecule has 1 aliphatic rings. The highest BCUT2D eigenvalue weighted by atomic mass is 79.9. The van der Waals surface area contributed by atoms with Gasteiger partial charge in [0.05, 0.1) is 10.6 Å². The lowest BCUT2D eigenvalue weighted by molar-refractivity contribution is 0.0109. The van der Waals surface area contributed by atoms with Crippen LogP contribution in [0.25, 0.3) is 0 Å². The van der Waals surface area contributed by atoms with Crippen LogP contribution in [-0.4, -0.2) is 23.8 Å². The molecule has 4 heteroatoms. The van der Waals surface area contributed by atoms with Crippen LogP contribution in [0.2, 0.25) is 5.02 Å². The van der Waals surface area contributed by atoms with Crippen LogP contribution in [0.3, 0.4) is 0 Å². The first-order valence-corrected chi connectivity index (χ1v) is 6.63. The summed E-state index contributed by atoms with van der Waals surface area (Å²) in [7, 11) is 0. The van der Waals surface area contributed by atoms with Gasteiger partial charge in [0.15, 0.2) is 0 Å². The summed E-state index contributed by atoms with van der Waals surface area (Å²) in [6.45, 7) is 1.79. The minimum absolute atomic E-state index is 0.557. The Morgan fingerprint density at radius 2 is 2.06 bits per heavy atom. The first-order chi connectivity index (χ1) is 7.59. The zero-order valence-electron chi connectivity index (χ0n) is 8.97. The van der Waals surface area contributed by atoms with Crippen LogP contribution in [0, 0.1) is 0 Å². The highest BCUT2D eigenvalue weighted by Gasteiger charge is 2.29.